The Balaban J connectivity index is 1.89. The Morgan fingerprint density at radius 2 is 2.24 bits per heavy atom. The van der Waals surface area contributed by atoms with Crippen LogP contribution in [0.1, 0.15) is 20.3 Å². The Morgan fingerprint density at radius 1 is 1.52 bits per heavy atom. The first-order valence-electron chi connectivity index (χ1n) is 7.29. The number of nitrogens with zero attached hydrogens (tertiary/aromatic N) is 1. The molecule has 3 heterocycles. The van der Waals surface area contributed by atoms with Gasteiger partial charge >= 0.3 is 5.97 Å². The van der Waals surface area contributed by atoms with Gasteiger partial charge in [-0.05, 0) is 19.9 Å². The number of aliphatic hydroxyl groups excluding tert-OH is 1. The lowest BCUT2D eigenvalue weighted by Gasteiger charge is -2.46. The SMILES string of the molecule is C[C@H]1C(S[C@H]2CCNC2)=C(C(=O)O)N2C(=O)[C@H]([C@@H](C)O)C12. The molecule has 1 unspecified atom stereocenters. The predicted molar refractivity (Wildman–Crippen MR) is 78.5 cm³/mol. The smallest absolute Gasteiger partial charge is 0.353 e. The van der Waals surface area contributed by atoms with Crippen molar-refractivity contribution in [1.29, 1.82) is 0 Å². The van der Waals surface area contributed by atoms with Gasteiger partial charge in [0.1, 0.15) is 5.70 Å². The highest BCUT2D eigenvalue weighted by Crippen LogP contribution is 2.51. The third kappa shape index (κ3) is 2.18. The number of hydrogen-bond acceptors (Lipinski definition) is 5. The molecule has 7 heteroatoms. The lowest BCUT2D eigenvalue weighted by atomic mass is 9.79. The third-order valence-electron chi connectivity index (χ3n) is 4.62. The van der Waals surface area contributed by atoms with E-state index in [4.69, 9.17) is 0 Å². The van der Waals surface area contributed by atoms with Gasteiger partial charge in [-0.2, -0.15) is 0 Å². The highest BCUT2D eigenvalue weighted by Gasteiger charge is 2.60. The second-order valence-electron chi connectivity index (χ2n) is 6.00. The third-order valence-corrected chi connectivity index (χ3v) is 6.17. The number of carbonyl (C=O) groups excluding carboxylic acids is 1. The maximum atomic E-state index is 12.2. The number of hydrogen-bond donors (Lipinski definition) is 3. The zero-order chi connectivity index (χ0) is 15.3. The summed E-state index contributed by atoms with van der Waals surface area (Å²) >= 11 is 1.58. The van der Waals surface area contributed by atoms with Crippen LogP contribution in [-0.4, -0.2) is 57.5 Å². The molecular weight excluding hydrogens is 292 g/mol. The van der Waals surface area contributed by atoms with E-state index in [9.17, 15) is 19.8 Å². The molecule has 0 aromatic carbocycles. The van der Waals surface area contributed by atoms with E-state index in [1.807, 2.05) is 6.92 Å². The Labute approximate surface area is 127 Å². The number of aliphatic hydroxyl groups is 1. The molecule has 21 heavy (non-hydrogen) atoms. The fourth-order valence-electron chi connectivity index (χ4n) is 3.59. The van der Waals surface area contributed by atoms with E-state index in [0.29, 0.717) is 5.25 Å². The fraction of sp³-hybridized carbons (Fsp3) is 0.714. The Bertz CT molecular complexity index is 513. The Kier molecular flexibility index (Phi) is 3.75. The summed E-state index contributed by atoms with van der Waals surface area (Å²) in [7, 11) is 0. The van der Waals surface area contributed by atoms with E-state index < -0.39 is 18.0 Å². The average molecular weight is 312 g/mol. The van der Waals surface area contributed by atoms with E-state index in [1.54, 1.807) is 18.7 Å². The van der Waals surface area contributed by atoms with Crippen molar-refractivity contribution in [3.63, 3.8) is 0 Å². The molecule has 6 nitrogen and oxygen atoms in total. The van der Waals surface area contributed by atoms with Crippen LogP contribution in [0, 0.1) is 11.8 Å². The molecule has 2 fully saturated rings. The molecule has 3 aliphatic heterocycles. The standard InChI is InChI=1S/C14H20N2O4S/c1-6-10-9(7(2)17)13(18)16(10)11(14(19)20)12(6)21-8-3-4-15-5-8/h6-10,15,17H,3-5H2,1-2H3,(H,19,20)/t6-,7-,8+,9-,10?/m1/s1. The maximum absolute atomic E-state index is 12.2. The van der Waals surface area contributed by atoms with Gasteiger partial charge in [-0.15, -0.1) is 11.8 Å². The van der Waals surface area contributed by atoms with Crippen molar-refractivity contribution in [3.05, 3.63) is 10.6 Å². The van der Waals surface area contributed by atoms with Crippen LogP contribution < -0.4 is 5.32 Å². The van der Waals surface area contributed by atoms with Crippen LogP contribution in [0.2, 0.25) is 0 Å². The van der Waals surface area contributed by atoms with Gasteiger partial charge in [0.2, 0.25) is 5.91 Å². The number of rotatable bonds is 4. The molecule has 0 saturated carbocycles. The number of nitrogens with one attached hydrogen (secondary N) is 1. The van der Waals surface area contributed by atoms with Crippen molar-refractivity contribution < 1.29 is 19.8 Å². The van der Waals surface area contributed by atoms with Crippen LogP contribution >= 0.6 is 11.8 Å². The van der Waals surface area contributed by atoms with Crippen LogP contribution in [0.4, 0.5) is 0 Å². The number of carboxylic acid groups (broad SMARTS) is 1. The summed E-state index contributed by atoms with van der Waals surface area (Å²) < 4.78 is 0. The van der Waals surface area contributed by atoms with E-state index in [1.165, 1.54) is 4.90 Å². The molecule has 116 valence electrons. The summed E-state index contributed by atoms with van der Waals surface area (Å²) in [6.07, 6.45) is 0.264. The van der Waals surface area contributed by atoms with Crippen LogP contribution in [0.25, 0.3) is 0 Å². The minimum absolute atomic E-state index is 0.0287. The molecule has 3 aliphatic rings. The van der Waals surface area contributed by atoms with Crippen molar-refractivity contribution in [1.82, 2.24) is 10.2 Å². The number of carbonyl (C=O) groups is 2. The maximum Gasteiger partial charge on any atom is 0.353 e. The number of aliphatic carboxylic acids is 1. The first-order chi connectivity index (χ1) is 9.93. The molecule has 0 bridgehead atoms. The Morgan fingerprint density at radius 3 is 2.76 bits per heavy atom. The van der Waals surface area contributed by atoms with Crippen molar-refractivity contribution in [2.24, 2.45) is 11.8 Å². The molecule has 0 radical (unpaired) electrons. The Hall–Kier alpha value is -1.05. The van der Waals surface area contributed by atoms with Gasteiger partial charge in [-0.3, -0.25) is 4.79 Å². The summed E-state index contributed by atoms with van der Waals surface area (Å²) in [6.45, 7) is 5.37. The molecule has 3 rings (SSSR count). The monoisotopic (exact) mass is 312 g/mol. The second kappa shape index (κ2) is 5.30. The quantitative estimate of drug-likeness (QED) is 0.644. The molecule has 0 spiro atoms. The van der Waals surface area contributed by atoms with Gasteiger partial charge in [0.25, 0.3) is 0 Å². The van der Waals surface area contributed by atoms with E-state index in [2.05, 4.69) is 5.32 Å². The highest BCUT2D eigenvalue weighted by molar-refractivity contribution is 8.03. The van der Waals surface area contributed by atoms with Crippen LogP contribution in [0.3, 0.4) is 0 Å². The molecule has 2 saturated heterocycles. The molecule has 0 aromatic heterocycles. The van der Waals surface area contributed by atoms with Crippen LogP contribution in [0.5, 0.6) is 0 Å². The van der Waals surface area contributed by atoms with Gasteiger partial charge in [0, 0.05) is 22.6 Å². The van der Waals surface area contributed by atoms with Gasteiger partial charge < -0.3 is 20.4 Å². The summed E-state index contributed by atoms with van der Waals surface area (Å²) in [5.41, 5.74) is 0.131. The number of carboxylic acids is 1. The lowest BCUT2D eigenvalue weighted by Crippen LogP contribution is -2.63. The van der Waals surface area contributed by atoms with E-state index in [-0.39, 0.29) is 23.6 Å². The highest BCUT2D eigenvalue weighted by atomic mass is 32.2. The molecule has 5 atom stereocenters. The van der Waals surface area contributed by atoms with Crippen LogP contribution in [0.15, 0.2) is 10.6 Å². The van der Waals surface area contributed by atoms with Gasteiger partial charge in [0.15, 0.2) is 0 Å². The van der Waals surface area contributed by atoms with Crippen molar-refractivity contribution in [2.75, 3.05) is 13.1 Å². The minimum Gasteiger partial charge on any atom is -0.477 e. The number of β-lactam (4-membered cyclic amide) rings is 1. The normalized spacial score (nSPS) is 36.7. The first kappa shape index (κ1) is 14.9. The van der Waals surface area contributed by atoms with Crippen LogP contribution in [-0.2, 0) is 9.59 Å². The van der Waals surface area contributed by atoms with E-state index >= 15 is 0 Å². The topological polar surface area (TPSA) is 89.9 Å². The summed E-state index contributed by atoms with van der Waals surface area (Å²) in [5.74, 6) is -1.82. The van der Waals surface area contributed by atoms with Crippen molar-refractivity contribution >= 4 is 23.6 Å². The van der Waals surface area contributed by atoms with Gasteiger partial charge in [0.05, 0.1) is 18.1 Å². The zero-order valence-electron chi connectivity index (χ0n) is 12.1. The molecular formula is C14H20N2O4S. The second-order valence-corrected chi connectivity index (χ2v) is 7.35. The first-order valence-corrected chi connectivity index (χ1v) is 8.17. The fourth-order valence-corrected chi connectivity index (χ4v) is 5.03. The molecule has 3 N–H and O–H groups in total. The largest absolute Gasteiger partial charge is 0.477 e. The van der Waals surface area contributed by atoms with Crippen molar-refractivity contribution in [2.45, 2.75) is 37.7 Å². The van der Waals surface area contributed by atoms with Gasteiger partial charge in [-0.25, -0.2) is 4.79 Å². The molecule has 0 aromatic rings. The molecule has 0 aliphatic carbocycles. The summed E-state index contributed by atoms with van der Waals surface area (Å²) in [6, 6.07) is -0.208. The predicted octanol–water partition coefficient (Wildman–Crippen LogP) is 0.235. The number of amides is 1. The molecule has 1 amide bonds. The van der Waals surface area contributed by atoms with Crippen molar-refractivity contribution in [3.8, 4) is 0 Å². The zero-order valence-corrected chi connectivity index (χ0v) is 12.9. The lowest BCUT2D eigenvalue weighted by molar-refractivity contribution is -0.163. The summed E-state index contributed by atoms with van der Waals surface area (Å²) in [4.78, 5) is 25.9. The number of fused-ring (bicyclic) bond motifs is 1. The minimum atomic E-state index is -1.05. The number of thioether (sulfide) groups is 1. The van der Waals surface area contributed by atoms with E-state index in [0.717, 1.165) is 24.4 Å². The van der Waals surface area contributed by atoms with Gasteiger partial charge in [-0.1, -0.05) is 6.92 Å². The average Bonchev–Trinajstić information content (AvgIpc) is 2.97. The summed E-state index contributed by atoms with van der Waals surface area (Å²) in [5, 5.41) is 22.9.